The number of halogens is 1. The summed E-state index contributed by atoms with van der Waals surface area (Å²) in [4.78, 5) is 0. The summed E-state index contributed by atoms with van der Waals surface area (Å²) in [5.41, 5.74) is 5.80. The highest BCUT2D eigenvalue weighted by Crippen LogP contribution is 2.23. The molecule has 0 radical (unpaired) electrons. The van der Waals surface area contributed by atoms with Crippen LogP contribution in [0.5, 0.6) is 0 Å². The molecule has 1 atom stereocenters. The summed E-state index contributed by atoms with van der Waals surface area (Å²) in [6.45, 7) is 4.09. The van der Waals surface area contributed by atoms with E-state index >= 15 is 0 Å². The molecule has 2 N–H and O–H groups in total. The van der Waals surface area contributed by atoms with Crippen molar-refractivity contribution >= 4 is 11.6 Å². The summed E-state index contributed by atoms with van der Waals surface area (Å²) in [5.74, 6) is 1.13. The Labute approximate surface area is 71.3 Å². The maximum absolute atomic E-state index is 5.80. The third-order valence-corrected chi connectivity index (χ3v) is 1.84. The number of furan rings is 1. The van der Waals surface area contributed by atoms with Gasteiger partial charge >= 0.3 is 0 Å². The van der Waals surface area contributed by atoms with E-state index in [9.17, 15) is 0 Å². The molecule has 0 amide bonds. The van der Waals surface area contributed by atoms with E-state index < -0.39 is 0 Å². The van der Waals surface area contributed by atoms with Gasteiger partial charge in [-0.05, 0) is 29.7 Å². The van der Waals surface area contributed by atoms with E-state index in [1.54, 1.807) is 6.07 Å². The standard InChI is InChI=1S/C8H12ClNO/c1-5(2)8(10)6-3-4-7(9)11-6/h3-5,8H,10H2,1-2H3/t8-/m0/s1. The number of hydrogen-bond acceptors (Lipinski definition) is 2. The molecule has 3 heteroatoms. The fourth-order valence-corrected chi connectivity index (χ4v) is 0.988. The van der Waals surface area contributed by atoms with Crippen molar-refractivity contribution in [2.24, 2.45) is 11.7 Å². The van der Waals surface area contributed by atoms with Crippen molar-refractivity contribution < 1.29 is 4.42 Å². The first-order chi connectivity index (χ1) is 5.11. The quantitative estimate of drug-likeness (QED) is 0.747. The molecule has 1 heterocycles. The number of hydrogen-bond donors (Lipinski definition) is 1. The van der Waals surface area contributed by atoms with Gasteiger partial charge in [-0.2, -0.15) is 0 Å². The lowest BCUT2D eigenvalue weighted by Gasteiger charge is -2.11. The summed E-state index contributed by atoms with van der Waals surface area (Å²) in [6.07, 6.45) is 0. The maximum Gasteiger partial charge on any atom is 0.193 e. The molecule has 0 unspecified atom stereocenters. The van der Waals surface area contributed by atoms with Gasteiger partial charge in [-0.3, -0.25) is 0 Å². The van der Waals surface area contributed by atoms with Crippen molar-refractivity contribution in [3.8, 4) is 0 Å². The van der Waals surface area contributed by atoms with Crippen LogP contribution in [0.15, 0.2) is 16.5 Å². The van der Waals surface area contributed by atoms with E-state index in [0.29, 0.717) is 11.1 Å². The van der Waals surface area contributed by atoms with Crippen LogP contribution in [0.3, 0.4) is 0 Å². The SMILES string of the molecule is CC(C)[C@H](N)c1ccc(Cl)o1. The molecule has 11 heavy (non-hydrogen) atoms. The van der Waals surface area contributed by atoms with Gasteiger partial charge in [0.05, 0.1) is 6.04 Å². The third kappa shape index (κ3) is 1.98. The zero-order chi connectivity index (χ0) is 8.43. The minimum atomic E-state index is -0.0532. The first-order valence-corrected chi connectivity index (χ1v) is 4.00. The molecule has 0 saturated heterocycles. The largest absolute Gasteiger partial charge is 0.448 e. The van der Waals surface area contributed by atoms with Crippen LogP contribution in [0.2, 0.25) is 5.22 Å². The molecule has 0 aromatic carbocycles. The first kappa shape index (κ1) is 8.62. The van der Waals surface area contributed by atoms with Crippen molar-refractivity contribution in [3.63, 3.8) is 0 Å². The smallest absolute Gasteiger partial charge is 0.193 e. The Morgan fingerprint density at radius 3 is 2.45 bits per heavy atom. The van der Waals surface area contributed by atoms with Crippen LogP contribution < -0.4 is 5.73 Å². The van der Waals surface area contributed by atoms with Crippen LogP contribution in [0, 0.1) is 5.92 Å². The van der Waals surface area contributed by atoms with Gasteiger partial charge in [0.1, 0.15) is 5.76 Å². The second-order valence-electron chi connectivity index (χ2n) is 2.91. The van der Waals surface area contributed by atoms with Crippen LogP contribution in [0.1, 0.15) is 25.6 Å². The van der Waals surface area contributed by atoms with Crippen LogP contribution in [-0.4, -0.2) is 0 Å². The molecule has 0 saturated carbocycles. The third-order valence-electron chi connectivity index (χ3n) is 1.64. The summed E-state index contributed by atoms with van der Waals surface area (Å²) < 4.78 is 5.15. The molecular weight excluding hydrogens is 162 g/mol. The number of rotatable bonds is 2. The molecule has 2 nitrogen and oxygen atoms in total. The highest BCUT2D eigenvalue weighted by Gasteiger charge is 2.13. The summed E-state index contributed by atoms with van der Waals surface area (Å²) >= 11 is 5.59. The molecule has 0 aliphatic heterocycles. The molecule has 62 valence electrons. The lowest BCUT2D eigenvalue weighted by atomic mass is 10.0. The Balaban J connectivity index is 2.76. The topological polar surface area (TPSA) is 39.2 Å². The van der Waals surface area contributed by atoms with E-state index in [1.807, 2.05) is 19.9 Å². The Morgan fingerprint density at radius 1 is 1.45 bits per heavy atom. The highest BCUT2D eigenvalue weighted by molar-refractivity contribution is 6.28. The average molecular weight is 174 g/mol. The van der Waals surface area contributed by atoms with Crippen molar-refractivity contribution in [2.75, 3.05) is 0 Å². The molecule has 0 bridgehead atoms. The lowest BCUT2D eigenvalue weighted by molar-refractivity contribution is 0.403. The second-order valence-corrected chi connectivity index (χ2v) is 3.28. The van der Waals surface area contributed by atoms with Crippen LogP contribution >= 0.6 is 11.6 Å². The fourth-order valence-electron chi connectivity index (χ4n) is 0.836. The zero-order valence-corrected chi connectivity index (χ0v) is 7.43. The average Bonchev–Trinajstić information content (AvgIpc) is 2.34. The molecule has 0 aliphatic rings. The molecule has 0 fully saturated rings. The highest BCUT2D eigenvalue weighted by atomic mass is 35.5. The second kappa shape index (κ2) is 3.28. The van der Waals surface area contributed by atoms with Crippen LogP contribution in [0.25, 0.3) is 0 Å². The minimum absolute atomic E-state index is 0.0532. The van der Waals surface area contributed by atoms with Gasteiger partial charge in [-0.25, -0.2) is 0 Å². The van der Waals surface area contributed by atoms with Crippen LogP contribution in [0.4, 0.5) is 0 Å². The summed E-state index contributed by atoms with van der Waals surface area (Å²) in [6, 6.07) is 3.47. The molecule has 0 aliphatic carbocycles. The first-order valence-electron chi connectivity index (χ1n) is 3.62. The van der Waals surface area contributed by atoms with Crippen molar-refractivity contribution in [2.45, 2.75) is 19.9 Å². The van der Waals surface area contributed by atoms with Gasteiger partial charge in [0.25, 0.3) is 0 Å². The Bertz CT molecular complexity index is 232. The van der Waals surface area contributed by atoms with E-state index in [4.69, 9.17) is 21.8 Å². The summed E-state index contributed by atoms with van der Waals surface area (Å²) in [7, 11) is 0. The molecule has 1 rings (SSSR count). The normalized spacial score (nSPS) is 13.9. The van der Waals surface area contributed by atoms with Crippen molar-refractivity contribution in [1.29, 1.82) is 0 Å². The van der Waals surface area contributed by atoms with Crippen molar-refractivity contribution in [1.82, 2.24) is 0 Å². The van der Waals surface area contributed by atoms with E-state index in [0.717, 1.165) is 5.76 Å². The molecule has 1 aromatic rings. The van der Waals surface area contributed by atoms with E-state index in [2.05, 4.69) is 0 Å². The molecular formula is C8H12ClNO. The van der Waals surface area contributed by atoms with Gasteiger partial charge in [0.2, 0.25) is 0 Å². The lowest BCUT2D eigenvalue weighted by Crippen LogP contribution is -2.15. The summed E-state index contributed by atoms with van der Waals surface area (Å²) in [5, 5.41) is 0.399. The monoisotopic (exact) mass is 173 g/mol. The molecule has 1 aromatic heterocycles. The van der Waals surface area contributed by atoms with Gasteiger partial charge in [0.15, 0.2) is 5.22 Å². The van der Waals surface area contributed by atoms with Gasteiger partial charge in [0, 0.05) is 0 Å². The predicted molar refractivity (Wildman–Crippen MR) is 45.5 cm³/mol. The Morgan fingerprint density at radius 2 is 2.09 bits per heavy atom. The Kier molecular flexibility index (Phi) is 2.58. The fraction of sp³-hybridized carbons (Fsp3) is 0.500. The van der Waals surface area contributed by atoms with Gasteiger partial charge in [-0.15, -0.1) is 0 Å². The van der Waals surface area contributed by atoms with Gasteiger partial charge < -0.3 is 10.2 Å². The van der Waals surface area contributed by atoms with Crippen LogP contribution in [-0.2, 0) is 0 Å². The van der Waals surface area contributed by atoms with Gasteiger partial charge in [-0.1, -0.05) is 13.8 Å². The number of nitrogens with two attached hydrogens (primary N) is 1. The zero-order valence-electron chi connectivity index (χ0n) is 6.67. The van der Waals surface area contributed by atoms with E-state index in [1.165, 1.54) is 0 Å². The Hall–Kier alpha value is -0.470. The predicted octanol–water partition coefficient (Wildman–Crippen LogP) is 2.59. The minimum Gasteiger partial charge on any atom is -0.448 e. The van der Waals surface area contributed by atoms with Crippen molar-refractivity contribution in [3.05, 3.63) is 23.1 Å². The maximum atomic E-state index is 5.80. The van der Waals surface area contributed by atoms with E-state index in [-0.39, 0.29) is 6.04 Å². The molecule has 0 spiro atoms.